The largest absolute Gasteiger partial charge is 0.304 e. The number of thioether (sulfide) groups is 1. The standard InChI is InChI=1S/C11H21NS/c1-9-8-12-11(13-9)7-10-5-3-2-4-6-10/h9-12H,2-8H2,1H3. The third kappa shape index (κ3) is 2.88. The third-order valence-electron chi connectivity index (χ3n) is 3.30. The lowest BCUT2D eigenvalue weighted by atomic mass is 9.87. The minimum atomic E-state index is 0.776. The predicted molar refractivity (Wildman–Crippen MR) is 60.0 cm³/mol. The zero-order valence-electron chi connectivity index (χ0n) is 8.59. The van der Waals surface area contributed by atoms with Gasteiger partial charge in [-0.2, -0.15) is 0 Å². The molecule has 2 atom stereocenters. The van der Waals surface area contributed by atoms with Crippen molar-refractivity contribution in [3.63, 3.8) is 0 Å². The van der Waals surface area contributed by atoms with E-state index in [0.717, 1.165) is 16.5 Å². The fourth-order valence-electron chi connectivity index (χ4n) is 2.54. The van der Waals surface area contributed by atoms with Crippen LogP contribution in [-0.4, -0.2) is 17.2 Å². The van der Waals surface area contributed by atoms with E-state index in [0.29, 0.717) is 0 Å². The van der Waals surface area contributed by atoms with Crippen LogP contribution in [0.15, 0.2) is 0 Å². The van der Waals surface area contributed by atoms with Crippen molar-refractivity contribution in [1.82, 2.24) is 5.32 Å². The van der Waals surface area contributed by atoms with Gasteiger partial charge in [0.15, 0.2) is 0 Å². The van der Waals surface area contributed by atoms with Gasteiger partial charge in [0.2, 0.25) is 0 Å². The van der Waals surface area contributed by atoms with Gasteiger partial charge < -0.3 is 5.32 Å². The SMILES string of the molecule is CC1CNC(CC2CCCCC2)S1. The van der Waals surface area contributed by atoms with E-state index in [1.165, 1.54) is 45.1 Å². The average molecular weight is 199 g/mol. The van der Waals surface area contributed by atoms with Crippen molar-refractivity contribution < 1.29 is 0 Å². The summed E-state index contributed by atoms with van der Waals surface area (Å²) in [5.41, 5.74) is 0. The maximum absolute atomic E-state index is 3.62. The summed E-state index contributed by atoms with van der Waals surface area (Å²) in [5, 5.41) is 5.23. The van der Waals surface area contributed by atoms with Crippen LogP contribution in [0, 0.1) is 5.92 Å². The normalized spacial score (nSPS) is 36.7. The molecule has 0 aromatic carbocycles. The maximum Gasteiger partial charge on any atom is 0.0538 e. The molecule has 0 aromatic rings. The van der Waals surface area contributed by atoms with E-state index in [1.54, 1.807) is 0 Å². The minimum absolute atomic E-state index is 0.776. The van der Waals surface area contributed by atoms with Crippen LogP contribution < -0.4 is 5.32 Å². The summed E-state index contributed by atoms with van der Waals surface area (Å²) < 4.78 is 0. The van der Waals surface area contributed by atoms with E-state index in [9.17, 15) is 0 Å². The van der Waals surface area contributed by atoms with Crippen molar-refractivity contribution >= 4 is 11.8 Å². The molecule has 1 heterocycles. The van der Waals surface area contributed by atoms with E-state index < -0.39 is 0 Å². The first kappa shape index (κ1) is 9.85. The number of nitrogens with one attached hydrogen (secondary N) is 1. The maximum atomic E-state index is 3.62. The van der Waals surface area contributed by atoms with Gasteiger partial charge in [0.05, 0.1) is 5.37 Å². The van der Waals surface area contributed by atoms with Crippen LogP contribution in [0.25, 0.3) is 0 Å². The Kier molecular flexibility index (Phi) is 3.56. The Bertz CT molecular complexity index is 151. The summed E-state index contributed by atoms with van der Waals surface area (Å²) in [5.74, 6) is 1.03. The second kappa shape index (κ2) is 4.70. The molecule has 2 aliphatic rings. The fourth-order valence-corrected chi connectivity index (χ4v) is 3.87. The Hall–Kier alpha value is 0.310. The van der Waals surface area contributed by atoms with Crippen molar-refractivity contribution in [2.24, 2.45) is 5.92 Å². The van der Waals surface area contributed by atoms with Gasteiger partial charge in [0.1, 0.15) is 0 Å². The third-order valence-corrected chi connectivity index (χ3v) is 4.62. The van der Waals surface area contributed by atoms with Gasteiger partial charge in [0, 0.05) is 11.8 Å². The van der Waals surface area contributed by atoms with Gasteiger partial charge in [-0.3, -0.25) is 0 Å². The smallest absolute Gasteiger partial charge is 0.0538 e. The first-order chi connectivity index (χ1) is 6.34. The Labute approximate surface area is 86.0 Å². The monoisotopic (exact) mass is 199 g/mol. The molecule has 0 aromatic heterocycles. The lowest BCUT2D eigenvalue weighted by molar-refractivity contribution is 0.329. The highest BCUT2D eigenvalue weighted by Gasteiger charge is 2.24. The van der Waals surface area contributed by atoms with Crippen molar-refractivity contribution in [2.45, 2.75) is 56.1 Å². The van der Waals surface area contributed by atoms with Crippen molar-refractivity contribution in [3.05, 3.63) is 0 Å². The molecule has 2 heteroatoms. The molecule has 0 bridgehead atoms. The van der Waals surface area contributed by atoms with Crippen LogP contribution in [0.1, 0.15) is 45.4 Å². The molecule has 76 valence electrons. The Morgan fingerprint density at radius 1 is 1.23 bits per heavy atom. The van der Waals surface area contributed by atoms with Gasteiger partial charge in [-0.15, -0.1) is 11.8 Å². The van der Waals surface area contributed by atoms with Crippen molar-refractivity contribution in [3.8, 4) is 0 Å². The molecule has 0 radical (unpaired) electrons. The van der Waals surface area contributed by atoms with E-state index in [4.69, 9.17) is 0 Å². The minimum Gasteiger partial charge on any atom is -0.304 e. The highest BCUT2D eigenvalue weighted by molar-refractivity contribution is 8.00. The summed E-state index contributed by atoms with van der Waals surface area (Å²) >= 11 is 2.15. The Balaban J connectivity index is 1.71. The molecule has 1 N–H and O–H groups in total. The van der Waals surface area contributed by atoms with E-state index in [-0.39, 0.29) is 0 Å². The lowest BCUT2D eigenvalue weighted by Crippen LogP contribution is -2.24. The summed E-state index contributed by atoms with van der Waals surface area (Å²) in [7, 11) is 0. The van der Waals surface area contributed by atoms with Crippen LogP contribution in [0.4, 0.5) is 0 Å². The van der Waals surface area contributed by atoms with Gasteiger partial charge >= 0.3 is 0 Å². The molecule has 0 spiro atoms. The Morgan fingerprint density at radius 3 is 2.62 bits per heavy atom. The molecule has 2 fully saturated rings. The summed E-state index contributed by atoms with van der Waals surface area (Å²) in [6.07, 6.45) is 8.86. The molecule has 2 unspecified atom stereocenters. The first-order valence-electron chi connectivity index (χ1n) is 5.73. The number of rotatable bonds is 2. The van der Waals surface area contributed by atoms with Gasteiger partial charge in [-0.05, 0) is 12.3 Å². The van der Waals surface area contributed by atoms with E-state index in [1.807, 2.05) is 0 Å². The molecular weight excluding hydrogens is 178 g/mol. The second-order valence-electron chi connectivity index (χ2n) is 4.58. The van der Waals surface area contributed by atoms with Crippen molar-refractivity contribution in [2.75, 3.05) is 6.54 Å². The molecule has 1 nitrogen and oxygen atoms in total. The molecular formula is C11H21NS. The lowest BCUT2D eigenvalue weighted by Gasteiger charge is -2.24. The van der Waals surface area contributed by atoms with Gasteiger partial charge in [0.25, 0.3) is 0 Å². The van der Waals surface area contributed by atoms with E-state index >= 15 is 0 Å². The van der Waals surface area contributed by atoms with Gasteiger partial charge in [-0.1, -0.05) is 39.0 Å². The van der Waals surface area contributed by atoms with Crippen LogP contribution in [-0.2, 0) is 0 Å². The molecule has 2 rings (SSSR count). The topological polar surface area (TPSA) is 12.0 Å². The number of hydrogen-bond donors (Lipinski definition) is 1. The Morgan fingerprint density at radius 2 is 2.00 bits per heavy atom. The predicted octanol–water partition coefficient (Wildman–Crippen LogP) is 3.01. The second-order valence-corrected chi connectivity index (χ2v) is 6.23. The van der Waals surface area contributed by atoms with Crippen LogP contribution in [0.5, 0.6) is 0 Å². The van der Waals surface area contributed by atoms with Crippen molar-refractivity contribution in [1.29, 1.82) is 0 Å². The van der Waals surface area contributed by atoms with Crippen LogP contribution in [0.3, 0.4) is 0 Å². The summed E-state index contributed by atoms with van der Waals surface area (Å²) in [4.78, 5) is 0. The first-order valence-corrected chi connectivity index (χ1v) is 6.68. The fraction of sp³-hybridized carbons (Fsp3) is 1.00. The average Bonchev–Trinajstić information content (AvgIpc) is 2.53. The molecule has 1 saturated carbocycles. The van der Waals surface area contributed by atoms with E-state index in [2.05, 4.69) is 24.0 Å². The van der Waals surface area contributed by atoms with Crippen LogP contribution in [0.2, 0.25) is 0 Å². The zero-order valence-corrected chi connectivity index (χ0v) is 9.41. The zero-order chi connectivity index (χ0) is 9.10. The van der Waals surface area contributed by atoms with Gasteiger partial charge in [-0.25, -0.2) is 0 Å². The quantitative estimate of drug-likeness (QED) is 0.733. The number of hydrogen-bond acceptors (Lipinski definition) is 2. The molecule has 1 aliphatic heterocycles. The van der Waals surface area contributed by atoms with Crippen LogP contribution >= 0.6 is 11.8 Å². The molecule has 0 amide bonds. The molecule has 1 saturated heterocycles. The summed E-state index contributed by atoms with van der Waals surface area (Å²) in [6, 6.07) is 0. The molecule has 13 heavy (non-hydrogen) atoms. The summed E-state index contributed by atoms with van der Waals surface area (Å²) in [6.45, 7) is 3.56. The highest BCUT2D eigenvalue weighted by Crippen LogP contribution is 2.33. The highest BCUT2D eigenvalue weighted by atomic mass is 32.2. The molecule has 1 aliphatic carbocycles.